The third kappa shape index (κ3) is 2.97. The summed E-state index contributed by atoms with van der Waals surface area (Å²) in [5, 5.41) is 8.12. The summed E-state index contributed by atoms with van der Waals surface area (Å²) in [4.78, 5) is 2.07. The molecule has 108 valence electrons. The van der Waals surface area contributed by atoms with E-state index in [4.69, 9.17) is 5.84 Å². The molecule has 0 spiro atoms. The van der Waals surface area contributed by atoms with Gasteiger partial charge < -0.3 is 4.90 Å². The van der Waals surface area contributed by atoms with Gasteiger partial charge in [0.2, 0.25) is 0 Å². The van der Waals surface area contributed by atoms with Gasteiger partial charge in [0.15, 0.2) is 0 Å². The van der Waals surface area contributed by atoms with E-state index in [0.29, 0.717) is 0 Å². The maximum absolute atomic E-state index is 5.75. The summed E-state index contributed by atoms with van der Waals surface area (Å²) < 4.78 is 1.90. The number of nitrogens with two attached hydrogens (primary N) is 1. The Hall–Kier alpha value is -1.92. The van der Waals surface area contributed by atoms with Crippen molar-refractivity contribution < 1.29 is 0 Å². The van der Waals surface area contributed by atoms with Crippen LogP contribution in [0.25, 0.3) is 0 Å². The molecular formula is C14H22N6. The number of nitrogens with one attached hydrogen (secondary N) is 1. The molecule has 0 saturated heterocycles. The maximum atomic E-state index is 5.75. The molecule has 6 heteroatoms. The quantitative estimate of drug-likeness (QED) is 0.614. The van der Waals surface area contributed by atoms with E-state index in [1.165, 1.54) is 0 Å². The van der Waals surface area contributed by atoms with Crippen LogP contribution in [0.5, 0.6) is 0 Å². The van der Waals surface area contributed by atoms with Crippen LogP contribution in [0.15, 0.2) is 30.5 Å². The molecule has 0 radical (unpaired) electrons. The topological polar surface area (TPSA) is 72.0 Å². The number of aromatic nitrogens is 3. The summed E-state index contributed by atoms with van der Waals surface area (Å²) in [5.74, 6) is 5.75. The summed E-state index contributed by atoms with van der Waals surface area (Å²) in [5.41, 5.74) is 6.08. The molecule has 0 aliphatic rings. The highest BCUT2D eigenvalue weighted by Crippen LogP contribution is 2.24. The Bertz CT molecular complexity index is 548. The predicted molar refractivity (Wildman–Crippen MR) is 80.2 cm³/mol. The lowest BCUT2D eigenvalue weighted by molar-refractivity contribution is 0.512. The van der Waals surface area contributed by atoms with E-state index in [2.05, 4.69) is 45.8 Å². The molecule has 1 aromatic heterocycles. The van der Waals surface area contributed by atoms with Gasteiger partial charge in [-0.1, -0.05) is 24.3 Å². The molecule has 6 nitrogen and oxygen atoms in total. The van der Waals surface area contributed by atoms with Gasteiger partial charge in [-0.05, 0) is 24.1 Å². The molecule has 0 bridgehead atoms. The van der Waals surface area contributed by atoms with E-state index in [9.17, 15) is 0 Å². The zero-order valence-corrected chi connectivity index (χ0v) is 12.2. The van der Waals surface area contributed by atoms with Crippen molar-refractivity contribution in [2.75, 3.05) is 19.0 Å². The van der Waals surface area contributed by atoms with Gasteiger partial charge in [-0.2, -0.15) is 0 Å². The molecule has 0 fully saturated rings. The maximum Gasteiger partial charge on any atom is 0.0895 e. The fourth-order valence-electron chi connectivity index (χ4n) is 2.21. The second kappa shape index (κ2) is 6.49. The van der Waals surface area contributed by atoms with E-state index in [-0.39, 0.29) is 6.04 Å². The van der Waals surface area contributed by atoms with Crippen LogP contribution in [0, 0.1) is 0 Å². The minimum absolute atomic E-state index is 0.114. The smallest absolute Gasteiger partial charge is 0.0895 e. The average molecular weight is 274 g/mol. The molecule has 1 unspecified atom stereocenters. The first-order valence-electron chi connectivity index (χ1n) is 6.79. The van der Waals surface area contributed by atoms with E-state index >= 15 is 0 Å². The van der Waals surface area contributed by atoms with Gasteiger partial charge in [-0.25, -0.2) is 10.1 Å². The van der Waals surface area contributed by atoms with E-state index in [1.807, 2.05) is 24.8 Å². The average Bonchev–Trinajstić information content (AvgIpc) is 2.89. The van der Waals surface area contributed by atoms with Crippen molar-refractivity contribution in [3.05, 3.63) is 41.7 Å². The van der Waals surface area contributed by atoms with Crippen molar-refractivity contribution in [3.63, 3.8) is 0 Å². The Labute approximate surface area is 119 Å². The Kier molecular flexibility index (Phi) is 4.70. The van der Waals surface area contributed by atoms with E-state index in [0.717, 1.165) is 29.9 Å². The SMILES string of the molecule is CCCn1nncc1C(NN)c1cccc(N(C)C)c1. The van der Waals surface area contributed by atoms with Gasteiger partial charge in [-0.3, -0.25) is 5.84 Å². The number of hydrazine groups is 1. The number of aryl methyl sites for hydroxylation is 1. The number of rotatable bonds is 6. The molecule has 0 aliphatic carbocycles. The summed E-state index contributed by atoms with van der Waals surface area (Å²) in [6.07, 6.45) is 2.77. The highest BCUT2D eigenvalue weighted by atomic mass is 15.4. The second-order valence-corrected chi connectivity index (χ2v) is 4.97. The summed E-state index contributed by atoms with van der Waals surface area (Å²) >= 11 is 0. The van der Waals surface area contributed by atoms with Gasteiger partial charge in [-0.15, -0.1) is 5.10 Å². The monoisotopic (exact) mass is 274 g/mol. The first-order valence-corrected chi connectivity index (χ1v) is 6.79. The lowest BCUT2D eigenvalue weighted by atomic mass is 10.0. The molecule has 20 heavy (non-hydrogen) atoms. The molecule has 1 heterocycles. The highest BCUT2D eigenvalue weighted by Gasteiger charge is 2.18. The molecule has 1 aromatic carbocycles. The number of anilines is 1. The van der Waals surface area contributed by atoms with Gasteiger partial charge >= 0.3 is 0 Å². The first-order chi connectivity index (χ1) is 9.67. The number of nitrogens with zero attached hydrogens (tertiary/aromatic N) is 4. The zero-order valence-electron chi connectivity index (χ0n) is 12.2. The van der Waals surface area contributed by atoms with Crippen LogP contribution in [-0.4, -0.2) is 29.1 Å². The van der Waals surface area contributed by atoms with Crippen molar-refractivity contribution in [3.8, 4) is 0 Å². The predicted octanol–water partition coefficient (Wildman–Crippen LogP) is 1.31. The van der Waals surface area contributed by atoms with Gasteiger partial charge in [0, 0.05) is 26.3 Å². The van der Waals surface area contributed by atoms with Crippen molar-refractivity contribution in [1.29, 1.82) is 0 Å². The van der Waals surface area contributed by atoms with Crippen LogP contribution in [0.2, 0.25) is 0 Å². The fraction of sp³-hybridized carbons (Fsp3) is 0.429. The van der Waals surface area contributed by atoms with Crippen LogP contribution in [0.3, 0.4) is 0 Å². The van der Waals surface area contributed by atoms with Crippen molar-refractivity contribution in [2.24, 2.45) is 5.84 Å². The van der Waals surface area contributed by atoms with Gasteiger partial charge in [0.1, 0.15) is 0 Å². The third-order valence-corrected chi connectivity index (χ3v) is 3.27. The van der Waals surface area contributed by atoms with E-state index < -0.39 is 0 Å². The van der Waals surface area contributed by atoms with E-state index in [1.54, 1.807) is 6.20 Å². The minimum atomic E-state index is -0.114. The number of hydrogen-bond donors (Lipinski definition) is 2. The molecule has 3 N–H and O–H groups in total. The van der Waals surface area contributed by atoms with Crippen molar-refractivity contribution in [2.45, 2.75) is 25.9 Å². The lowest BCUT2D eigenvalue weighted by Crippen LogP contribution is -2.31. The van der Waals surface area contributed by atoms with Crippen LogP contribution in [0.1, 0.15) is 30.6 Å². The lowest BCUT2D eigenvalue weighted by Gasteiger charge is -2.20. The molecule has 0 saturated carbocycles. The molecule has 0 amide bonds. The molecular weight excluding hydrogens is 252 g/mol. The summed E-state index contributed by atoms with van der Waals surface area (Å²) in [6, 6.07) is 8.16. The van der Waals surface area contributed by atoms with Gasteiger partial charge in [0.25, 0.3) is 0 Å². The highest BCUT2D eigenvalue weighted by molar-refractivity contribution is 5.48. The largest absolute Gasteiger partial charge is 0.378 e. The zero-order chi connectivity index (χ0) is 14.5. The van der Waals surface area contributed by atoms with Crippen LogP contribution in [-0.2, 0) is 6.54 Å². The van der Waals surface area contributed by atoms with Gasteiger partial charge in [0.05, 0.1) is 17.9 Å². The Morgan fingerprint density at radius 2 is 2.20 bits per heavy atom. The molecule has 2 rings (SSSR count). The third-order valence-electron chi connectivity index (χ3n) is 3.27. The van der Waals surface area contributed by atoms with Crippen LogP contribution >= 0.6 is 0 Å². The Balaban J connectivity index is 2.36. The fourth-order valence-corrected chi connectivity index (χ4v) is 2.21. The molecule has 1 atom stereocenters. The van der Waals surface area contributed by atoms with Crippen molar-refractivity contribution in [1.82, 2.24) is 20.4 Å². The minimum Gasteiger partial charge on any atom is -0.378 e. The molecule has 2 aromatic rings. The summed E-state index contributed by atoms with van der Waals surface area (Å²) in [7, 11) is 4.04. The Morgan fingerprint density at radius 3 is 2.85 bits per heavy atom. The van der Waals surface area contributed by atoms with Crippen LogP contribution in [0.4, 0.5) is 5.69 Å². The first kappa shape index (κ1) is 14.5. The number of hydrogen-bond acceptors (Lipinski definition) is 5. The number of benzene rings is 1. The van der Waals surface area contributed by atoms with Crippen LogP contribution < -0.4 is 16.2 Å². The molecule has 0 aliphatic heterocycles. The normalized spacial score (nSPS) is 12.4. The van der Waals surface area contributed by atoms with Crippen molar-refractivity contribution >= 4 is 5.69 Å². The Morgan fingerprint density at radius 1 is 1.40 bits per heavy atom. The standard InChI is InChI=1S/C14H22N6/c1-4-8-20-13(10-16-18-20)14(17-15)11-6-5-7-12(9-11)19(2)3/h5-7,9-10,14,17H,4,8,15H2,1-3H3. The second-order valence-electron chi connectivity index (χ2n) is 4.97. The summed E-state index contributed by atoms with van der Waals surface area (Å²) in [6.45, 7) is 2.95.